The third kappa shape index (κ3) is 17.0. The number of aromatic nitrogens is 9. The van der Waals surface area contributed by atoms with E-state index >= 15 is 0 Å². The molecular formula is C127H81N9O3. The average Bonchev–Trinajstić information content (AvgIpc) is 1.67. The highest BCUT2D eigenvalue weighted by atomic mass is 16.3. The van der Waals surface area contributed by atoms with E-state index in [-0.39, 0.29) is 0 Å². The van der Waals surface area contributed by atoms with Crippen LogP contribution in [-0.4, -0.2) is 44.9 Å². The van der Waals surface area contributed by atoms with Crippen molar-refractivity contribution in [2.45, 2.75) is 0 Å². The van der Waals surface area contributed by atoms with Gasteiger partial charge in [0.05, 0.1) is 0 Å². The molecule has 139 heavy (non-hydrogen) atoms. The van der Waals surface area contributed by atoms with Crippen LogP contribution in [0.3, 0.4) is 0 Å². The Kier molecular flexibility index (Phi) is 22.1. The lowest BCUT2D eigenvalue weighted by molar-refractivity contribution is 0.668. The van der Waals surface area contributed by atoms with Crippen LogP contribution < -0.4 is 0 Å². The first-order valence-corrected chi connectivity index (χ1v) is 46.3. The van der Waals surface area contributed by atoms with Gasteiger partial charge in [0.1, 0.15) is 33.5 Å². The number of rotatable bonds is 16. The third-order valence-corrected chi connectivity index (χ3v) is 25.5. The summed E-state index contributed by atoms with van der Waals surface area (Å²) in [5.74, 6) is 5.73. The van der Waals surface area contributed by atoms with Gasteiger partial charge in [-0.3, -0.25) is 0 Å². The third-order valence-electron chi connectivity index (χ3n) is 25.5. The standard InChI is InChI=1S/C45H29N3O.C43H27N3O.C39H25N3O/c1-4-12-30(13-5-1)32-20-24-35(25-21-32)44-46-43(34-16-8-3-9-17-34)47-45(48-44)36-26-22-33(23-27-36)39-28-37(31-14-6-2-7-15-31)29-41-42(39)38-18-10-11-19-40(38)49-41;1-3-11-28(12-4-1)29-19-21-31(22-20-29)42-44-41(30-13-5-2-6-14-30)45-43(46-42)38-26-25-33(34-15-7-8-16-35(34)38)32-23-24-37-36-17-9-10-18-39(36)47-40(37)27-32;1-3-9-26(10-4-1)27-15-19-30(20-16-27)38-40-37(29-11-5-2-6-12-29)41-39(42-38)31-21-17-28(18-22-31)32-23-24-34-33-13-7-8-14-35(33)43-36(34)25-32/h1-29H;1-27H;1-25H. The van der Waals surface area contributed by atoms with Crippen LogP contribution in [0.15, 0.2) is 505 Å². The second kappa shape index (κ2) is 36.9. The van der Waals surface area contributed by atoms with E-state index in [1.807, 2.05) is 164 Å². The first kappa shape index (κ1) is 83.2. The Bertz CT molecular complexity index is 8980. The number of hydrogen-bond acceptors (Lipinski definition) is 12. The van der Waals surface area contributed by atoms with Crippen LogP contribution in [0.2, 0.25) is 0 Å². The molecule has 0 N–H and O–H groups in total. The van der Waals surface area contributed by atoms with E-state index in [0.717, 1.165) is 188 Å². The van der Waals surface area contributed by atoms with Crippen molar-refractivity contribution in [1.82, 2.24) is 44.9 Å². The van der Waals surface area contributed by atoms with E-state index < -0.39 is 0 Å². The molecule has 0 aliphatic carbocycles. The molecule has 0 saturated carbocycles. The van der Waals surface area contributed by atoms with E-state index in [9.17, 15) is 0 Å². The molecular weight excluding hydrogens is 1700 g/mol. The summed E-state index contributed by atoms with van der Waals surface area (Å²) in [5.41, 5.74) is 29.6. The molecule has 0 aliphatic heterocycles. The summed E-state index contributed by atoms with van der Waals surface area (Å²) in [7, 11) is 0. The van der Waals surface area contributed by atoms with Gasteiger partial charge in [0.2, 0.25) is 0 Å². The SMILES string of the molecule is c1ccc(-c2ccc(-c3nc(-c4ccccc4)nc(-c4ccc(-c5cc(-c6ccccc6)cc6oc7ccccc7c56)cc4)n3)cc2)cc1.c1ccc(-c2ccc(-c3nc(-c4ccccc4)nc(-c4ccc(-c5ccc6c(c5)oc5ccccc56)c5ccccc45)n3)cc2)cc1.c1ccc(-c2ccc(-c3nc(-c4ccccc4)nc(-c4ccc(-c5ccc6c(c5)oc5ccccc56)cc4)n3)cc2)cc1. The number of nitrogens with zero attached hydrogens (tertiary/aromatic N) is 9. The van der Waals surface area contributed by atoms with Gasteiger partial charge in [-0.1, -0.05) is 431 Å². The predicted molar refractivity (Wildman–Crippen MR) is 566 cm³/mol. The molecule has 6 aromatic heterocycles. The second-order valence-corrected chi connectivity index (χ2v) is 34.2. The maximum Gasteiger partial charge on any atom is 0.164 e. The van der Waals surface area contributed by atoms with Crippen LogP contribution in [0.25, 0.3) is 257 Å². The Morgan fingerprint density at radius 3 is 0.691 bits per heavy atom. The molecule has 0 aliphatic rings. The molecule has 0 fully saturated rings. The maximum atomic E-state index is 6.39. The summed E-state index contributed by atoms with van der Waals surface area (Å²) in [4.78, 5) is 44.7. The molecule has 0 spiro atoms. The second-order valence-electron chi connectivity index (χ2n) is 34.2. The molecule has 652 valence electrons. The minimum Gasteiger partial charge on any atom is -0.456 e. The van der Waals surface area contributed by atoms with Crippen LogP contribution in [-0.2, 0) is 0 Å². The highest BCUT2D eigenvalue weighted by Crippen LogP contribution is 2.44. The smallest absolute Gasteiger partial charge is 0.164 e. The van der Waals surface area contributed by atoms with Crippen molar-refractivity contribution in [3.8, 4) is 180 Å². The van der Waals surface area contributed by atoms with Gasteiger partial charge in [-0.2, -0.15) is 0 Å². The first-order valence-electron chi connectivity index (χ1n) is 46.3. The molecule has 0 unspecified atom stereocenters. The fourth-order valence-electron chi connectivity index (χ4n) is 18.4. The molecule has 12 nitrogen and oxygen atoms in total. The fourth-order valence-corrected chi connectivity index (χ4v) is 18.4. The number of fused-ring (bicyclic) bond motifs is 10. The van der Waals surface area contributed by atoms with Crippen LogP contribution in [0, 0.1) is 0 Å². The summed E-state index contributed by atoms with van der Waals surface area (Å²) in [6, 6.07) is 168. The highest BCUT2D eigenvalue weighted by molar-refractivity contribution is 6.14. The molecule has 26 aromatic rings. The van der Waals surface area contributed by atoms with Crippen molar-refractivity contribution in [1.29, 1.82) is 0 Å². The zero-order valence-corrected chi connectivity index (χ0v) is 75.0. The van der Waals surface area contributed by atoms with E-state index in [4.69, 9.17) is 58.1 Å². The highest BCUT2D eigenvalue weighted by Gasteiger charge is 2.23. The van der Waals surface area contributed by atoms with Crippen LogP contribution >= 0.6 is 0 Å². The minimum absolute atomic E-state index is 0.625. The van der Waals surface area contributed by atoms with E-state index in [2.05, 4.69) is 328 Å². The van der Waals surface area contributed by atoms with Gasteiger partial charge >= 0.3 is 0 Å². The summed E-state index contributed by atoms with van der Waals surface area (Å²) in [6.45, 7) is 0. The summed E-state index contributed by atoms with van der Waals surface area (Å²) < 4.78 is 18.7. The molecule has 6 heterocycles. The van der Waals surface area contributed by atoms with Crippen molar-refractivity contribution in [3.63, 3.8) is 0 Å². The zero-order chi connectivity index (χ0) is 92.3. The molecule has 26 rings (SSSR count). The van der Waals surface area contributed by atoms with Gasteiger partial charge in [-0.15, -0.1) is 0 Å². The van der Waals surface area contributed by atoms with Gasteiger partial charge in [-0.05, 0) is 149 Å². The maximum absolute atomic E-state index is 6.39. The Morgan fingerprint density at radius 2 is 0.324 bits per heavy atom. The Hall–Kier alpha value is -18.9. The lowest BCUT2D eigenvalue weighted by Crippen LogP contribution is -2.00. The van der Waals surface area contributed by atoms with Gasteiger partial charge in [0.25, 0.3) is 0 Å². The topological polar surface area (TPSA) is 155 Å². The Morgan fingerprint density at radius 1 is 0.108 bits per heavy atom. The summed E-state index contributed by atoms with van der Waals surface area (Å²) in [5, 5.41) is 8.91. The van der Waals surface area contributed by atoms with Gasteiger partial charge in [-0.25, -0.2) is 44.9 Å². The van der Waals surface area contributed by atoms with Crippen LogP contribution in [0.4, 0.5) is 0 Å². The molecule has 0 amide bonds. The monoisotopic (exact) mass is 1780 g/mol. The van der Waals surface area contributed by atoms with Gasteiger partial charge < -0.3 is 13.3 Å². The number of hydrogen-bond donors (Lipinski definition) is 0. The number of benzene rings is 20. The average molecular weight is 1780 g/mol. The molecule has 12 heteroatoms. The van der Waals surface area contributed by atoms with E-state index in [0.29, 0.717) is 52.4 Å². The lowest BCUT2D eigenvalue weighted by atomic mass is 9.94. The van der Waals surface area contributed by atoms with Gasteiger partial charge in [0.15, 0.2) is 52.4 Å². The summed E-state index contributed by atoms with van der Waals surface area (Å²) in [6.07, 6.45) is 0. The van der Waals surface area contributed by atoms with Crippen LogP contribution in [0.5, 0.6) is 0 Å². The summed E-state index contributed by atoms with van der Waals surface area (Å²) >= 11 is 0. The largest absolute Gasteiger partial charge is 0.456 e. The number of furan rings is 3. The minimum atomic E-state index is 0.625. The van der Waals surface area contributed by atoms with Crippen molar-refractivity contribution in [2.75, 3.05) is 0 Å². The van der Waals surface area contributed by atoms with Crippen LogP contribution in [0.1, 0.15) is 0 Å². The molecule has 0 saturated heterocycles. The van der Waals surface area contributed by atoms with Crippen molar-refractivity contribution < 1.29 is 13.3 Å². The Labute approximate surface area is 801 Å². The zero-order valence-electron chi connectivity index (χ0n) is 75.0. The van der Waals surface area contributed by atoms with E-state index in [1.54, 1.807) is 0 Å². The van der Waals surface area contributed by atoms with E-state index in [1.165, 1.54) is 16.7 Å². The lowest BCUT2D eigenvalue weighted by Gasteiger charge is -2.13. The van der Waals surface area contributed by atoms with Crippen molar-refractivity contribution >= 4 is 76.6 Å². The fraction of sp³-hybridized carbons (Fsp3) is 0. The molecule has 0 radical (unpaired) electrons. The molecule has 0 bridgehead atoms. The molecule has 20 aromatic carbocycles. The van der Waals surface area contributed by atoms with Gasteiger partial charge in [0, 0.05) is 82.4 Å². The number of para-hydroxylation sites is 3. The van der Waals surface area contributed by atoms with Crippen molar-refractivity contribution in [2.24, 2.45) is 0 Å². The Balaban J connectivity index is 0.000000114. The first-order chi connectivity index (χ1) is 68.8. The normalized spacial score (nSPS) is 11.3. The quantitative estimate of drug-likeness (QED) is 0.0904. The van der Waals surface area contributed by atoms with Crippen molar-refractivity contribution in [3.05, 3.63) is 491 Å². The molecule has 0 atom stereocenters. The predicted octanol–water partition coefficient (Wildman–Crippen LogP) is 33.1.